The Morgan fingerprint density at radius 3 is 2.42 bits per heavy atom. The molecule has 9 heteroatoms. The molecule has 0 amide bonds. The fraction of sp³-hybridized carbons (Fsp3) is 0.0588. The number of anilines is 1. The van der Waals surface area contributed by atoms with Gasteiger partial charge in [-0.15, -0.1) is 6.07 Å². The fourth-order valence-corrected chi connectivity index (χ4v) is 3.47. The molecule has 1 aliphatic heterocycles. The quantitative estimate of drug-likeness (QED) is 0.231. The number of rotatable bonds is 1. The van der Waals surface area contributed by atoms with E-state index >= 15 is 0 Å². The molecule has 1 aliphatic carbocycles. The minimum absolute atomic E-state index is 0. The molecule has 4 rings (SSSR count). The van der Waals surface area contributed by atoms with Gasteiger partial charge in [0.05, 0.1) is 10.6 Å². The number of carbonyl (C=O) groups is 2. The van der Waals surface area contributed by atoms with Gasteiger partial charge in [-0.2, -0.15) is 18.2 Å². The average Bonchev–Trinajstić information content (AvgIpc) is 3.05. The molecular formula is C17H9NNa2O5S. The molecule has 0 radical (unpaired) electrons. The zero-order chi connectivity index (χ0) is 17.1. The van der Waals surface area contributed by atoms with Crippen molar-refractivity contribution in [2.24, 2.45) is 0 Å². The van der Waals surface area contributed by atoms with E-state index in [-0.39, 0.29) is 88.2 Å². The molecule has 26 heavy (non-hydrogen) atoms. The molecule has 0 saturated heterocycles. The van der Waals surface area contributed by atoms with Crippen LogP contribution in [0.15, 0.2) is 52.6 Å². The number of ketones is 2. The van der Waals surface area contributed by atoms with Crippen LogP contribution in [-0.2, 0) is 16.5 Å². The van der Waals surface area contributed by atoms with Crippen molar-refractivity contribution < 1.29 is 81.7 Å². The van der Waals surface area contributed by atoms with Crippen molar-refractivity contribution in [2.75, 3.05) is 5.32 Å². The predicted molar refractivity (Wildman–Crippen MR) is 82.7 cm³/mol. The molecule has 2 aromatic rings. The van der Waals surface area contributed by atoms with Gasteiger partial charge in [0.15, 0.2) is 11.6 Å². The molecule has 0 unspecified atom stereocenters. The number of hydrogen-bond acceptors (Lipinski definition) is 6. The molecule has 0 aromatic heterocycles. The first-order chi connectivity index (χ1) is 11.4. The normalized spacial score (nSPS) is 17.7. The Balaban J connectivity index is 0.00000121. The standard InChI is InChI=1S/C17H10NO5S.2Na/c19-16-12-8-10(24(21,22)23)6-5-9(12)7-13(16)15-17(20)11-3-1-2-4-14(11)18-15;;/h2-6,8,18H,7H2,(H,21,22,23);;/q-1;2*+1/p-1/b15-13-;;. The van der Waals surface area contributed by atoms with Gasteiger partial charge in [0.2, 0.25) is 0 Å². The summed E-state index contributed by atoms with van der Waals surface area (Å²) in [6, 6.07) is 11.4. The van der Waals surface area contributed by atoms with Crippen LogP contribution in [-0.4, -0.2) is 24.5 Å². The van der Waals surface area contributed by atoms with Crippen molar-refractivity contribution >= 4 is 27.4 Å². The van der Waals surface area contributed by atoms with Crippen molar-refractivity contribution in [2.45, 2.75) is 11.3 Å². The van der Waals surface area contributed by atoms with Crippen molar-refractivity contribution in [3.05, 3.63) is 70.4 Å². The topological polar surface area (TPSA) is 103 Å². The summed E-state index contributed by atoms with van der Waals surface area (Å²) in [5.41, 5.74) is 2.24. The number of benzene rings is 2. The number of carbonyl (C=O) groups excluding carboxylic acids is 2. The Morgan fingerprint density at radius 1 is 1.04 bits per heavy atom. The molecule has 120 valence electrons. The summed E-state index contributed by atoms with van der Waals surface area (Å²) < 4.78 is 33.4. The summed E-state index contributed by atoms with van der Waals surface area (Å²) >= 11 is 0. The molecule has 0 fully saturated rings. The summed E-state index contributed by atoms with van der Waals surface area (Å²) in [6.07, 6.45) is 0.207. The third kappa shape index (κ3) is 3.50. The third-order valence-electron chi connectivity index (χ3n) is 4.15. The zero-order valence-corrected chi connectivity index (χ0v) is 18.9. The molecule has 0 saturated carbocycles. The number of hydrogen-bond donors (Lipinski definition) is 1. The number of allylic oxidation sites excluding steroid dienone is 2. The van der Waals surface area contributed by atoms with Gasteiger partial charge in [-0.05, 0) is 17.7 Å². The first-order valence-corrected chi connectivity index (χ1v) is 8.45. The monoisotopic (exact) mass is 385 g/mol. The Labute approximate surface area is 194 Å². The van der Waals surface area contributed by atoms with Crippen LogP contribution in [0.25, 0.3) is 0 Å². The average molecular weight is 385 g/mol. The second-order valence-electron chi connectivity index (χ2n) is 5.56. The summed E-state index contributed by atoms with van der Waals surface area (Å²) in [5, 5.41) is 2.95. The van der Waals surface area contributed by atoms with E-state index in [4.69, 9.17) is 0 Å². The van der Waals surface area contributed by atoms with Crippen LogP contribution < -0.4 is 64.4 Å². The van der Waals surface area contributed by atoms with Gasteiger partial charge in [-0.25, -0.2) is 8.42 Å². The van der Waals surface area contributed by atoms with Crippen LogP contribution in [0.4, 0.5) is 5.69 Å². The van der Waals surface area contributed by atoms with Gasteiger partial charge in [0, 0.05) is 17.6 Å². The number of fused-ring (bicyclic) bond motifs is 2. The molecule has 1 N–H and O–H groups in total. The SMILES string of the molecule is O=C1/C(=C2\Nc3cc[c-]cc3C2=O)Cc2ccc(S(=O)(=O)[O-])cc21.[Na+].[Na+]. The summed E-state index contributed by atoms with van der Waals surface area (Å²) in [7, 11) is -4.64. The smallest absolute Gasteiger partial charge is 0.744 e. The molecule has 0 spiro atoms. The second kappa shape index (κ2) is 7.69. The van der Waals surface area contributed by atoms with E-state index in [9.17, 15) is 22.6 Å². The second-order valence-corrected chi connectivity index (χ2v) is 6.94. The van der Waals surface area contributed by atoms with Crippen LogP contribution in [0, 0.1) is 6.07 Å². The largest absolute Gasteiger partial charge is 1.00 e. The van der Waals surface area contributed by atoms with E-state index < -0.39 is 20.8 Å². The van der Waals surface area contributed by atoms with Gasteiger partial charge < -0.3 is 14.7 Å². The summed E-state index contributed by atoms with van der Waals surface area (Å²) in [4.78, 5) is 24.6. The Kier molecular flexibility index (Phi) is 6.37. The van der Waals surface area contributed by atoms with E-state index in [1.54, 1.807) is 18.2 Å². The van der Waals surface area contributed by atoms with Gasteiger partial charge in [0.25, 0.3) is 0 Å². The van der Waals surface area contributed by atoms with Gasteiger partial charge >= 0.3 is 59.1 Å². The van der Waals surface area contributed by atoms with Crippen LogP contribution in [0.2, 0.25) is 0 Å². The first-order valence-electron chi connectivity index (χ1n) is 7.05. The van der Waals surface area contributed by atoms with Crippen molar-refractivity contribution in [1.82, 2.24) is 0 Å². The fourth-order valence-electron chi connectivity index (χ4n) is 2.98. The van der Waals surface area contributed by atoms with E-state index in [1.165, 1.54) is 12.1 Å². The predicted octanol–water partition coefficient (Wildman–Crippen LogP) is -4.30. The van der Waals surface area contributed by atoms with Crippen molar-refractivity contribution in [1.29, 1.82) is 0 Å². The maximum absolute atomic E-state index is 12.6. The summed E-state index contributed by atoms with van der Waals surface area (Å²) in [5.74, 6) is -0.738. The van der Waals surface area contributed by atoms with E-state index in [1.807, 2.05) is 0 Å². The van der Waals surface area contributed by atoms with Gasteiger partial charge in [0.1, 0.15) is 10.1 Å². The molecule has 6 nitrogen and oxygen atoms in total. The van der Waals surface area contributed by atoms with E-state index in [2.05, 4.69) is 11.4 Å². The molecule has 0 bridgehead atoms. The van der Waals surface area contributed by atoms with Gasteiger partial charge in [-0.1, -0.05) is 17.3 Å². The maximum Gasteiger partial charge on any atom is 1.00 e. The third-order valence-corrected chi connectivity index (χ3v) is 4.98. The number of nitrogens with one attached hydrogen (secondary N) is 1. The van der Waals surface area contributed by atoms with E-state index in [0.29, 0.717) is 16.8 Å². The van der Waals surface area contributed by atoms with Crippen LogP contribution in [0.5, 0.6) is 0 Å². The number of Topliss-reactive ketones (excluding diaryl/α,β-unsaturated/α-hetero) is 2. The molecule has 1 heterocycles. The van der Waals surface area contributed by atoms with Crippen LogP contribution >= 0.6 is 0 Å². The van der Waals surface area contributed by atoms with Crippen LogP contribution in [0.3, 0.4) is 0 Å². The molecule has 0 atom stereocenters. The Bertz CT molecular complexity index is 1080. The zero-order valence-electron chi connectivity index (χ0n) is 14.1. The van der Waals surface area contributed by atoms with Crippen LogP contribution in [0.1, 0.15) is 26.3 Å². The Hall–Kier alpha value is -0.770. The minimum atomic E-state index is -4.64. The minimum Gasteiger partial charge on any atom is -0.744 e. The van der Waals surface area contributed by atoms with Crippen molar-refractivity contribution in [3.63, 3.8) is 0 Å². The summed E-state index contributed by atoms with van der Waals surface area (Å²) in [6.45, 7) is 0. The first kappa shape index (κ1) is 21.5. The maximum atomic E-state index is 12.6. The molecule has 2 aromatic carbocycles. The van der Waals surface area contributed by atoms with Gasteiger partial charge in [-0.3, -0.25) is 4.79 Å². The van der Waals surface area contributed by atoms with Crippen molar-refractivity contribution in [3.8, 4) is 0 Å². The Morgan fingerprint density at radius 2 is 1.77 bits per heavy atom. The molecule has 2 aliphatic rings. The molecular weight excluding hydrogens is 376 g/mol. The van der Waals surface area contributed by atoms with E-state index in [0.717, 1.165) is 6.07 Å².